The molecule has 2 aromatic heterocycles. The Kier molecular flexibility index (Phi) is 4.17. The second-order valence-electron chi connectivity index (χ2n) is 5.11. The van der Waals surface area contributed by atoms with Gasteiger partial charge in [0.1, 0.15) is 18.3 Å². The van der Waals surface area contributed by atoms with Gasteiger partial charge in [0.05, 0.1) is 12.9 Å². The fraction of sp³-hybridized carbons (Fsp3) is 0.500. The molecule has 4 atom stereocenters. The van der Waals surface area contributed by atoms with Crippen molar-refractivity contribution < 1.29 is 33.8 Å². The third-order valence-electron chi connectivity index (χ3n) is 3.47. The standard InChI is InChI=1S/C10H14N5O8P/c11-10-13-7-4(8(18)14-10)12-2-15(7)9-6(17)5(16)3(23-9)1-22-24(19,20)21/h2-3,5-6,9,16-17H,1H2,(H2,19,20,21)(H3,11,13,14,18)/t3-,5+,6+,9-/m0/s1. The summed E-state index contributed by atoms with van der Waals surface area (Å²) in [5, 5.41) is 20.1. The summed E-state index contributed by atoms with van der Waals surface area (Å²) in [6.07, 6.45) is -4.22. The van der Waals surface area contributed by atoms with Gasteiger partial charge >= 0.3 is 7.82 Å². The number of nitrogen functional groups attached to an aromatic ring is 1. The van der Waals surface area contributed by atoms with Crippen LogP contribution >= 0.6 is 7.82 Å². The Hall–Kier alpha value is -1.86. The molecule has 0 bridgehead atoms. The highest BCUT2D eigenvalue weighted by atomic mass is 31.2. The summed E-state index contributed by atoms with van der Waals surface area (Å²) in [5.41, 5.74) is 4.84. The quantitative estimate of drug-likeness (QED) is 0.311. The number of nitrogens with two attached hydrogens (primary N) is 1. The van der Waals surface area contributed by atoms with E-state index in [1.165, 1.54) is 10.9 Å². The van der Waals surface area contributed by atoms with Gasteiger partial charge in [0, 0.05) is 0 Å². The van der Waals surface area contributed by atoms with E-state index in [2.05, 4.69) is 19.5 Å². The maximum atomic E-state index is 11.7. The number of imidazole rings is 1. The van der Waals surface area contributed by atoms with Crippen LogP contribution in [0.15, 0.2) is 11.1 Å². The average Bonchev–Trinajstić information content (AvgIpc) is 3.00. The Labute approximate surface area is 132 Å². The molecule has 0 saturated carbocycles. The third kappa shape index (κ3) is 3.06. The van der Waals surface area contributed by atoms with E-state index in [1.54, 1.807) is 0 Å². The van der Waals surface area contributed by atoms with Gasteiger partial charge in [-0.3, -0.25) is 18.9 Å². The minimum atomic E-state index is -4.76. The number of aromatic nitrogens is 4. The summed E-state index contributed by atoms with van der Waals surface area (Å²) in [7, 11) is -4.76. The molecule has 2 aromatic rings. The predicted molar refractivity (Wildman–Crippen MR) is 76.5 cm³/mol. The summed E-state index contributed by atoms with van der Waals surface area (Å²) in [5.74, 6) is -0.177. The Balaban J connectivity index is 1.90. The second-order valence-corrected chi connectivity index (χ2v) is 6.35. The van der Waals surface area contributed by atoms with Crippen molar-refractivity contribution in [3.63, 3.8) is 0 Å². The van der Waals surface area contributed by atoms with E-state index in [1.807, 2.05) is 0 Å². The van der Waals surface area contributed by atoms with Gasteiger partial charge in [-0.1, -0.05) is 0 Å². The van der Waals surface area contributed by atoms with Gasteiger partial charge in [0.2, 0.25) is 5.95 Å². The van der Waals surface area contributed by atoms with Crippen molar-refractivity contribution in [2.45, 2.75) is 24.5 Å². The lowest BCUT2D eigenvalue weighted by Gasteiger charge is -2.16. The number of anilines is 1. The largest absolute Gasteiger partial charge is 0.469 e. The molecule has 1 aliphatic rings. The van der Waals surface area contributed by atoms with E-state index in [4.69, 9.17) is 20.3 Å². The highest BCUT2D eigenvalue weighted by Gasteiger charge is 2.45. The summed E-state index contributed by atoms with van der Waals surface area (Å²) < 4.78 is 21.6. The first-order chi connectivity index (χ1) is 11.2. The number of phosphoric acid groups is 1. The normalized spacial score (nSPS) is 27.8. The van der Waals surface area contributed by atoms with Crippen molar-refractivity contribution >= 4 is 24.9 Å². The van der Waals surface area contributed by atoms with Crippen LogP contribution < -0.4 is 11.3 Å². The number of H-pyrrole nitrogens is 1. The van der Waals surface area contributed by atoms with E-state index >= 15 is 0 Å². The van der Waals surface area contributed by atoms with Gasteiger partial charge in [-0.05, 0) is 0 Å². The fourth-order valence-electron chi connectivity index (χ4n) is 2.40. The molecule has 7 N–H and O–H groups in total. The lowest BCUT2D eigenvalue weighted by Crippen LogP contribution is -2.33. The van der Waals surface area contributed by atoms with E-state index in [-0.39, 0.29) is 17.1 Å². The summed E-state index contributed by atoms with van der Waals surface area (Å²) in [6.45, 7) is -0.651. The minimum absolute atomic E-state index is 0.0176. The number of phosphoric ester groups is 1. The summed E-state index contributed by atoms with van der Waals surface area (Å²) >= 11 is 0. The number of ether oxygens (including phenoxy) is 1. The fourth-order valence-corrected chi connectivity index (χ4v) is 2.74. The topological polar surface area (TPSA) is 206 Å². The molecule has 1 fully saturated rings. The van der Waals surface area contributed by atoms with E-state index in [9.17, 15) is 19.6 Å². The van der Waals surface area contributed by atoms with Crippen LogP contribution in [0, 0.1) is 0 Å². The summed E-state index contributed by atoms with van der Waals surface area (Å²) in [6, 6.07) is 0. The summed E-state index contributed by atoms with van der Waals surface area (Å²) in [4.78, 5) is 39.1. The number of nitrogens with one attached hydrogen (secondary N) is 1. The highest BCUT2D eigenvalue weighted by molar-refractivity contribution is 7.46. The van der Waals surface area contributed by atoms with Crippen molar-refractivity contribution in [2.75, 3.05) is 12.3 Å². The van der Waals surface area contributed by atoms with Crippen molar-refractivity contribution in [1.82, 2.24) is 19.5 Å². The molecule has 1 aliphatic heterocycles. The number of aromatic amines is 1. The molecule has 0 unspecified atom stereocenters. The Morgan fingerprint density at radius 1 is 1.42 bits per heavy atom. The molecule has 0 aromatic carbocycles. The molecule has 13 nitrogen and oxygen atoms in total. The zero-order chi connectivity index (χ0) is 17.6. The van der Waals surface area contributed by atoms with Crippen LogP contribution in [0.25, 0.3) is 11.2 Å². The monoisotopic (exact) mass is 363 g/mol. The molecule has 3 rings (SSSR count). The number of hydrogen-bond donors (Lipinski definition) is 6. The van der Waals surface area contributed by atoms with Crippen LogP contribution in [0.4, 0.5) is 5.95 Å². The molecule has 3 heterocycles. The first-order valence-corrected chi connectivity index (χ1v) is 8.14. The zero-order valence-electron chi connectivity index (χ0n) is 11.9. The average molecular weight is 363 g/mol. The first kappa shape index (κ1) is 17.0. The van der Waals surface area contributed by atoms with Gasteiger partial charge in [0.25, 0.3) is 5.56 Å². The van der Waals surface area contributed by atoms with Gasteiger partial charge in [-0.2, -0.15) is 4.98 Å². The van der Waals surface area contributed by atoms with Crippen LogP contribution in [0.3, 0.4) is 0 Å². The Bertz CT molecular complexity index is 861. The SMILES string of the molecule is Nc1nc2c(ncn2[C@H]2O[C@@H](COP(=O)(O)O)[C@@H](O)[C@H]2O)c(=O)[nH]1. The number of fused-ring (bicyclic) bond motifs is 1. The van der Waals surface area contributed by atoms with Crippen molar-refractivity contribution in [2.24, 2.45) is 0 Å². The number of nitrogens with zero attached hydrogens (tertiary/aromatic N) is 3. The van der Waals surface area contributed by atoms with Gasteiger partial charge < -0.3 is 30.5 Å². The Morgan fingerprint density at radius 3 is 2.79 bits per heavy atom. The Morgan fingerprint density at radius 2 is 2.12 bits per heavy atom. The van der Waals surface area contributed by atoms with Crippen LogP contribution in [0.1, 0.15) is 6.23 Å². The molecule has 0 radical (unpaired) electrons. The van der Waals surface area contributed by atoms with Crippen LogP contribution in [0.5, 0.6) is 0 Å². The first-order valence-electron chi connectivity index (χ1n) is 6.61. The lowest BCUT2D eigenvalue weighted by atomic mass is 10.1. The van der Waals surface area contributed by atoms with Crippen molar-refractivity contribution in [3.05, 3.63) is 16.7 Å². The van der Waals surface area contributed by atoms with Crippen LogP contribution in [0.2, 0.25) is 0 Å². The molecule has 24 heavy (non-hydrogen) atoms. The van der Waals surface area contributed by atoms with E-state index in [0.717, 1.165) is 0 Å². The van der Waals surface area contributed by atoms with Crippen molar-refractivity contribution in [1.29, 1.82) is 0 Å². The van der Waals surface area contributed by atoms with Crippen molar-refractivity contribution in [3.8, 4) is 0 Å². The zero-order valence-corrected chi connectivity index (χ0v) is 12.8. The van der Waals surface area contributed by atoms with Crippen LogP contribution in [-0.2, 0) is 13.8 Å². The predicted octanol–water partition coefficient (Wildman–Crippen LogP) is -2.57. The lowest BCUT2D eigenvalue weighted by molar-refractivity contribution is -0.0503. The smallest absolute Gasteiger partial charge is 0.387 e. The highest BCUT2D eigenvalue weighted by Crippen LogP contribution is 2.38. The molecular formula is C10H14N5O8P. The molecular weight excluding hydrogens is 349 g/mol. The van der Waals surface area contributed by atoms with Gasteiger partial charge in [-0.15, -0.1) is 0 Å². The molecule has 0 amide bonds. The van der Waals surface area contributed by atoms with Gasteiger partial charge in [0.15, 0.2) is 17.4 Å². The number of hydrogen-bond acceptors (Lipinski definition) is 9. The van der Waals surface area contributed by atoms with Crippen LogP contribution in [-0.4, -0.2) is 64.4 Å². The maximum absolute atomic E-state index is 11.7. The van der Waals surface area contributed by atoms with E-state index < -0.39 is 44.5 Å². The third-order valence-corrected chi connectivity index (χ3v) is 3.95. The minimum Gasteiger partial charge on any atom is -0.387 e. The molecule has 1 saturated heterocycles. The maximum Gasteiger partial charge on any atom is 0.469 e. The number of rotatable bonds is 4. The number of aliphatic hydroxyl groups excluding tert-OH is 2. The van der Waals surface area contributed by atoms with Gasteiger partial charge in [-0.25, -0.2) is 9.55 Å². The molecule has 0 aliphatic carbocycles. The van der Waals surface area contributed by atoms with E-state index in [0.29, 0.717) is 0 Å². The molecule has 14 heteroatoms. The number of aliphatic hydroxyl groups is 2. The molecule has 132 valence electrons. The second kappa shape index (κ2) is 5.89. The molecule has 0 spiro atoms.